The summed E-state index contributed by atoms with van der Waals surface area (Å²) in [6.07, 6.45) is 9.68. The van der Waals surface area contributed by atoms with E-state index >= 15 is 0 Å². The number of unbranched alkanes of at least 4 members (excludes halogenated alkanes) is 3. The molecule has 0 N–H and O–H groups in total. The van der Waals surface area contributed by atoms with E-state index < -0.39 is 18.4 Å². The van der Waals surface area contributed by atoms with E-state index in [1.54, 1.807) is 34.2 Å². The number of rotatable bonds is 10. The molecule has 0 amide bonds. The van der Waals surface area contributed by atoms with Crippen LogP contribution in [0.1, 0.15) is 89.1 Å². The van der Waals surface area contributed by atoms with Gasteiger partial charge in [-0.1, -0.05) is 0 Å². The molecule has 0 spiro atoms. The van der Waals surface area contributed by atoms with Crippen molar-refractivity contribution in [1.29, 1.82) is 0 Å². The fraction of sp³-hybridized carbons (Fsp3) is 0.680. The summed E-state index contributed by atoms with van der Waals surface area (Å²) in [6, 6.07) is 5.22. The molecule has 1 aliphatic carbocycles. The van der Waals surface area contributed by atoms with Crippen LogP contribution in [0.15, 0.2) is 12.1 Å². The Morgan fingerprint density at radius 3 is 1.96 bits per heavy atom. The second-order valence-corrected chi connectivity index (χ2v) is 26.2. The number of hydrogen-bond donors (Lipinski definition) is 0. The van der Waals surface area contributed by atoms with Crippen molar-refractivity contribution in [3.8, 4) is 9.75 Å². The third kappa shape index (κ3) is 4.59. The average molecular weight is 523 g/mol. The first-order valence-corrected chi connectivity index (χ1v) is 20.7. The van der Waals surface area contributed by atoms with Crippen LogP contribution in [0, 0.1) is 6.92 Å². The van der Waals surface area contributed by atoms with Gasteiger partial charge in [0.2, 0.25) is 0 Å². The van der Waals surface area contributed by atoms with Crippen molar-refractivity contribution in [1.82, 2.24) is 0 Å². The van der Waals surface area contributed by atoms with E-state index in [0.29, 0.717) is 5.41 Å². The minimum atomic E-state index is -2.33. The van der Waals surface area contributed by atoms with Crippen LogP contribution in [-0.4, -0.2) is 18.4 Å². The fourth-order valence-electron chi connectivity index (χ4n) is 5.08. The molecule has 3 rings (SSSR count). The van der Waals surface area contributed by atoms with Crippen LogP contribution in [0.5, 0.6) is 0 Å². The van der Waals surface area contributed by atoms with Gasteiger partial charge in [0, 0.05) is 0 Å². The second-order valence-electron chi connectivity index (χ2n) is 9.72. The zero-order chi connectivity index (χ0) is 20.4. The van der Waals surface area contributed by atoms with E-state index in [1.165, 1.54) is 49.8 Å². The Labute approximate surface area is 186 Å². The van der Waals surface area contributed by atoms with Gasteiger partial charge in [-0.05, 0) is 0 Å². The zero-order valence-corrected chi connectivity index (χ0v) is 23.5. The molecule has 2 aromatic rings. The summed E-state index contributed by atoms with van der Waals surface area (Å²) in [6.45, 7) is 14.4. The first-order valence-electron chi connectivity index (χ1n) is 11.6. The molecule has 0 atom stereocenters. The van der Waals surface area contributed by atoms with Gasteiger partial charge in [-0.25, -0.2) is 0 Å². The van der Waals surface area contributed by atoms with Gasteiger partial charge in [-0.2, -0.15) is 0 Å². The van der Waals surface area contributed by atoms with Gasteiger partial charge >= 0.3 is 187 Å². The van der Waals surface area contributed by atoms with Crippen molar-refractivity contribution in [3.05, 3.63) is 28.1 Å². The van der Waals surface area contributed by atoms with Crippen LogP contribution in [0.2, 0.25) is 13.3 Å². The van der Waals surface area contributed by atoms with Gasteiger partial charge in [0.05, 0.1) is 0 Å². The first-order chi connectivity index (χ1) is 13.4. The summed E-state index contributed by atoms with van der Waals surface area (Å²) in [5.74, 6) is 0. The Bertz CT molecular complexity index is 759. The Kier molecular flexibility index (Phi) is 7.81. The molecular weight excluding hydrogens is 483 g/mol. The van der Waals surface area contributed by atoms with E-state index in [4.69, 9.17) is 0 Å². The third-order valence-corrected chi connectivity index (χ3v) is 27.4. The van der Waals surface area contributed by atoms with Crippen molar-refractivity contribution in [2.45, 2.75) is 105 Å². The van der Waals surface area contributed by atoms with E-state index in [0.717, 1.165) is 0 Å². The molecule has 0 aromatic carbocycles. The van der Waals surface area contributed by atoms with Gasteiger partial charge in [0.15, 0.2) is 0 Å². The van der Waals surface area contributed by atoms with Crippen LogP contribution >= 0.6 is 22.7 Å². The van der Waals surface area contributed by atoms with Gasteiger partial charge in [-0.15, -0.1) is 0 Å². The normalized spacial score (nSPS) is 15.5. The maximum atomic E-state index is 2.76. The molecule has 0 radical (unpaired) electrons. The van der Waals surface area contributed by atoms with Gasteiger partial charge in [-0.3, -0.25) is 0 Å². The minimum absolute atomic E-state index is 0.294. The number of thiophene rings is 2. The predicted molar refractivity (Wildman–Crippen MR) is 134 cm³/mol. The van der Waals surface area contributed by atoms with E-state index in [9.17, 15) is 0 Å². The predicted octanol–water partition coefficient (Wildman–Crippen LogP) is 8.67. The average Bonchev–Trinajstić information content (AvgIpc) is 3.25. The zero-order valence-electron chi connectivity index (χ0n) is 19.0. The Hall–Kier alpha value is 0.199. The molecule has 1 aliphatic rings. The van der Waals surface area contributed by atoms with Crippen LogP contribution < -0.4 is 2.89 Å². The molecule has 0 saturated heterocycles. The molecule has 0 unspecified atom stereocenters. The van der Waals surface area contributed by atoms with Crippen LogP contribution in [0.3, 0.4) is 0 Å². The SMILES string of the molecule is CCC[CH2][Sn]([CH2]CCC)([CH2]CCC)[c]1cc2c(s1)-c1sc(C)cc1CC2(C)C. The van der Waals surface area contributed by atoms with E-state index in [2.05, 4.69) is 65.0 Å². The van der Waals surface area contributed by atoms with Gasteiger partial charge < -0.3 is 0 Å². The monoisotopic (exact) mass is 524 g/mol. The van der Waals surface area contributed by atoms with Gasteiger partial charge in [0.1, 0.15) is 0 Å². The molecule has 0 fully saturated rings. The summed E-state index contributed by atoms with van der Waals surface area (Å²) in [7, 11) is 0. The molecule has 2 heterocycles. The first kappa shape index (κ1) is 22.9. The van der Waals surface area contributed by atoms with Crippen molar-refractivity contribution in [2.24, 2.45) is 0 Å². The van der Waals surface area contributed by atoms with Gasteiger partial charge in [0.25, 0.3) is 0 Å². The molecule has 0 aliphatic heterocycles. The van der Waals surface area contributed by atoms with Crippen molar-refractivity contribution < 1.29 is 0 Å². The quantitative estimate of drug-likeness (QED) is 0.274. The summed E-state index contributed by atoms with van der Waals surface area (Å²) in [4.78, 5) is 4.76. The summed E-state index contributed by atoms with van der Waals surface area (Å²) in [5, 5.41) is 0. The summed E-state index contributed by atoms with van der Waals surface area (Å²) < 4.78 is 6.67. The molecule has 3 heteroatoms. The standard InChI is InChI=1S/C13H13S2.3C4H9.Sn/c1-8-6-9-7-13(2,3)10-4-5-14-12(10)11(9)15-8;3*1-3-4-2;/h4,6H,7H2,1-3H3;3*1,3-4H2,2H3;. The second kappa shape index (κ2) is 9.56. The van der Waals surface area contributed by atoms with E-state index in [1.807, 2.05) is 14.2 Å². The number of aryl methyl sites for hydroxylation is 1. The molecule has 0 bridgehead atoms. The fourth-order valence-corrected chi connectivity index (χ4v) is 26.7. The van der Waals surface area contributed by atoms with Crippen molar-refractivity contribution >= 4 is 43.9 Å². The summed E-state index contributed by atoms with van der Waals surface area (Å²) in [5.41, 5.74) is 3.60. The number of hydrogen-bond acceptors (Lipinski definition) is 2. The van der Waals surface area contributed by atoms with Crippen molar-refractivity contribution in [2.75, 3.05) is 0 Å². The third-order valence-electron chi connectivity index (χ3n) is 6.78. The molecule has 156 valence electrons. The molecule has 2 aromatic heterocycles. The van der Waals surface area contributed by atoms with Crippen LogP contribution in [0.25, 0.3) is 9.75 Å². The Morgan fingerprint density at radius 1 is 0.857 bits per heavy atom. The van der Waals surface area contributed by atoms with Crippen LogP contribution in [0.4, 0.5) is 0 Å². The molecule has 0 nitrogen and oxygen atoms in total. The van der Waals surface area contributed by atoms with Crippen molar-refractivity contribution in [3.63, 3.8) is 0 Å². The molecular formula is C25H40S2Sn. The maximum absolute atomic E-state index is 2.76. The van der Waals surface area contributed by atoms with Crippen LogP contribution in [-0.2, 0) is 11.8 Å². The number of fused-ring (bicyclic) bond motifs is 3. The van der Waals surface area contributed by atoms with E-state index in [-0.39, 0.29) is 0 Å². The summed E-state index contributed by atoms with van der Waals surface area (Å²) >= 11 is 1.97. The topological polar surface area (TPSA) is 0 Å². The molecule has 28 heavy (non-hydrogen) atoms. The Morgan fingerprint density at radius 2 is 1.43 bits per heavy atom. The Balaban J connectivity index is 2.10. The molecule has 0 saturated carbocycles.